The predicted molar refractivity (Wildman–Crippen MR) is 133 cm³/mol. The van der Waals surface area contributed by atoms with E-state index in [2.05, 4.69) is 25.9 Å². The molecule has 8 nitrogen and oxygen atoms in total. The Hall–Kier alpha value is -3.44. The maximum absolute atomic E-state index is 13.1. The molecule has 34 heavy (non-hydrogen) atoms. The Morgan fingerprint density at radius 3 is 2.71 bits per heavy atom. The summed E-state index contributed by atoms with van der Waals surface area (Å²) in [4.78, 5) is 34.8. The number of nitrogens with one attached hydrogen (secondary N) is 2. The van der Waals surface area contributed by atoms with Crippen molar-refractivity contribution in [2.24, 2.45) is 0 Å². The number of hydrogen-bond acceptors (Lipinski definition) is 5. The summed E-state index contributed by atoms with van der Waals surface area (Å²) in [5.74, 6) is 0.951. The molecule has 0 atom stereocenters. The third-order valence-corrected chi connectivity index (χ3v) is 6.92. The number of aromatic nitrogens is 3. The fraction of sp³-hybridized carbons (Fsp3) is 0.462. The van der Waals surface area contributed by atoms with Gasteiger partial charge in [0.1, 0.15) is 17.7 Å². The molecule has 0 unspecified atom stereocenters. The van der Waals surface area contributed by atoms with Gasteiger partial charge in [-0.1, -0.05) is 38.3 Å². The van der Waals surface area contributed by atoms with Crippen LogP contribution in [0.2, 0.25) is 0 Å². The highest BCUT2D eigenvalue weighted by Crippen LogP contribution is 2.36. The molecule has 1 aromatic carbocycles. The first-order valence-electron chi connectivity index (χ1n) is 12.0. The highest BCUT2D eigenvalue weighted by molar-refractivity contribution is 5.93. The first-order valence-corrected chi connectivity index (χ1v) is 12.0. The van der Waals surface area contributed by atoms with E-state index in [1.54, 1.807) is 6.07 Å². The predicted octanol–water partition coefficient (Wildman–Crippen LogP) is 4.18. The van der Waals surface area contributed by atoms with Gasteiger partial charge in [-0.05, 0) is 50.9 Å². The van der Waals surface area contributed by atoms with E-state index in [4.69, 9.17) is 0 Å². The van der Waals surface area contributed by atoms with Crippen molar-refractivity contribution < 1.29 is 4.79 Å². The van der Waals surface area contributed by atoms with E-state index in [0.29, 0.717) is 47.2 Å². The lowest BCUT2D eigenvalue weighted by Crippen LogP contribution is -2.34. The lowest BCUT2D eigenvalue weighted by atomic mass is 9.95. The second kappa shape index (κ2) is 10.2. The molecule has 0 aliphatic heterocycles. The lowest BCUT2D eigenvalue weighted by molar-refractivity contribution is -0.117. The molecule has 4 rings (SSSR count). The minimum atomic E-state index is -0.184. The van der Waals surface area contributed by atoms with Gasteiger partial charge in [-0.3, -0.25) is 14.5 Å². The van der Waals surface area contributed by atoms with Crippen LogP contribution in [0.3, 0.4) is 0 Å². The zero-order chi connectivity index (χ0) is 24.2. The molecule has 2 heterocycles. The van der Waals surface area contributed by atoms with Crippen LogP contribution < -0.4 is 10.9 Å². The van der Waals surface area contributed by atoms with Gasteiger partial charge >= 0.3 is 0 Å². The van der Waals surface area contributed by atoms with Crippen molar-refractivity contribution in [3.05, 3.63) is 57.3 Å². The number of nitriles is 1. The number of hydrogen-bond donors (Lipinski definition) is 2. The van der Waals surface area contributed by atoms with Crippen LogP contribution in [-0.2, 0) is 11.3 Å². The van der Waals surface area contributed by atoms with Gasteiger partial charge in [-0.25, -0.2) is 4.98 Å². The normalized spacial score (nSPS) is 14.4. The molecular weight excluding hydrogens is 428 g/mol. The molecule has 1 aliphatic rings. The Bertz CT molecular complexity index is 1290. The molecular formula is C26H32N6O2. The van der Waals surface area contributed by atoms with Crippen molar-refractivity contribution in [2.75, 3.05) is 18.4 Å². The van der Waals surface area contributed by atoms with Crippen LogP contribution in [0.15, 0.2) is 29.1 Å². The molecule has 178 valence electrons. The van der Waals surface area contributed by atoms with E-state index >= 15 is 0 Å². The number of rotatable bonds is 7. The van der Waals surface area contributed by atoms with E-state index in [1.165, 1.54) is 6.42 Å². The number of para-hydroxylation sites is 1. The molecule has 0 bridgehead atoms. The number of likely N-dealkylation sites (N-methyl/N-ethyl adjacent to an activating group) is 1. The number of carbonyl (C=O) groups excluding carboxylic acids is 1. The summed E-state index contributed by atoms with van der Waals surface area (Å²) < 4.78 is 2.17. The number of carbonyl (C=O) groups is 1. The van der Waals surface area contributed by atoms with Crippen molar-refractivity contribution in [1.29, 1.82) is 5.26 Å². The SMILES string of the molecule is CCN(CC(=O)Nc1c(C#N)c(C)c(C)n1C1CCCCC1)Cc1nc2ccccc2c(=O)[nH]1. The number of nitrogens with zero attached hydrogens (tertiary/aromatic N) is 4. The molecule has 1 saturated carbocycles. The maximum Gasteiger partial charge on any atom is 0.258 e. The monoisotopic (exact) mass is 460 g/mol. The average Bonchev–Trinajstić information content (AvgIpc) is 3.07. The highest BCUT2D eigenvalue weighted by Gasteiger charge is 2.26. The standard InChI is InChI=1S/C26H32N6O2/c1-4-31(15-23-28-22-13-9-8-12-20(22)26(34)29-23)16-24(33)30-25-21(14-27)17(2)18(3)32(25)19-10-6-5-7-11-19/h8-9,12-13,19H,4-7,10-11,15-16H2,1-3H3,(H,30,33)(H,28,29,34). The number of anilines is 1. The summed E-state index contributed by atoms with van der Waals surface area (Å²) in [6, 6.07) is 9.82. The molecule has 8 heteroatoms. The third kappa shape index (κ3) is 4.75. The van der Waals surface area contributed by atoms with Crippen molar-refractivity contribution in [2.45, 2.75) is 65.5 Å². The van der Waals surface area contributed by atoms with Gasteiger partial charge < -0.3 is 14.9 Å². The van der Waals surface area contributed by atoms with Crippen LogP contribution in [0.1, 0.15) is 67.7 Å². The van der Waals surface area contributed by atoms with Crippen molar-refractivity contribution in [3.63, 3.8) is 0 Å². The number of fused-ring (bicyclic) bond motifs is 1. The summed E-state index contributed by atoms with van der Waals surface area (Å²) in [5, 5.41) is 13.4. The summed E-state index contributed by atoms with van der Waals surface area (Å²) in [7, 11) is 0. The summed E-state index contributed by atoms with van der Waals surface area (Å²) in [6.07, 6.45) is 5.68. The van der Waals surface area contributed by atoms with Crippen LogP contribution in [0, 0.1) is 25.2 Å². The minimum absolute atomic E-state index is 0.131. The highest BCUT2D eigenvalue weighted by atomic mass is 16.2. The van der Waals surface area contributed by atoms with Crippen LogP contribution in [0.4, 0.5) is 5.82 Å². The Labute approximate surface area is 199 Å². The van der Waals surface area contributed by atoms with Crippen LogP contribution in [0.5, 0.6) is 0 Å². The molecule has 2 aromatic heterocycles. The smallest absolute Gasteiger partial charge is 0.258 e. The largest absolute Gasteiger partial charge is 0.327 e. The van der Waals surface area contributed by atoms with E-state index in [1.807, 2.05) is 43.9 Å². The first-order chi connectivity index (χ1) is 16.4. The summed E-state index contributed by atoms with van der Waals surface area (Å²) in [6.45, 7) is 7.02. The molecule has 1 amide bonds. The fourth-order valence-electron chi connectivity index (χ4n) is 4.96. The first kappa shape index (κ1) is 23.7. The van der Waals surface area contributed by atoms with E-state index in [-0.39, 0.29) is 18.0 Å². The van der Waals surface area contributed by atoms with Crippen LogP contribution in [0.25, 0.3) is 10.9 Å². The molecule has 0 radical (unpaired) electrons. The number of H-pyrrole nitrogens is 1. The molecule has 2 N–H and O–H groups in total. The van der Waals surface area contributed by atoms with Crippen molar-refractivity contribution in [3.8, 4) is 6.07 Å². The third-order valence-electron chi connectivity index (χ3n) is 6.92. The second-order valence-electron chi connectivity index (χ2n) is 9.09. The van der Waals surface area contributed by atoms with E-state index in [0.717, 1.165) is 36.9 Å². The van der Waals surface area contributed by atoms with Gasteiger partial charge in [0, 0.05) is 11.7 Å². The average molecular weight is 461 g/mol. The molecule has 1 aliphatic carbocycles. The van der Waals surface area contributed by atoms with E-state index < -0.39 is 0 Å². The minimum Gasteiger partial charge on any atom is -0.327 e. The Balaban J connectivity index is 1.53. The molecule has 3 aromatic rings. The summed E-state index contributed by atoms with van der Waals surface area (Å²) >= 11 is 0. The van der Waals surface area contributed by atoms with Crippen LogP contribution >= 0.6 is 0 Å². The molecule has 0 saturated heterocycles. The van der Waals surface area contributed by atoms with Gasteiger partial charge in [0.2, 0.25) is 5.91 Å². The van der Waals surface area contributed by atoms with Crippen molar-refractivity contribution >= 4 is 22.6 Å². The lowest BCUT2D eigenvalue weighted by Gasteiger charge is -2.27. The fourth-order valence-corrected chi connectivity index (χ4v) is 4.96. The molecule has 1 fully saturated rings. The van der Waals surface area contributed by atoms with Gasteiger partial charge in [0.15, 0.2) is 0 Å². The zero-order valence-corrected chi connectivity index (χ0v) is 20.1. The number of aromatic amines is 1. The molecule has 0 spiro atoms. The van der Waals surface area contributed by atoms with Crippen molar-refractivity contribution in [1.82, 2.24) is 19.4 Å². The second-order valence-corrected chi connectivity index (χ2v) is 9.09. The van der Waals surface area contributed by atoms with Gasteiger partial charge in [-0.15, -0.1) is 0 Å². The van der Waals surface area contributed by atoms with Gasteiger partial charge in [-0.2, -0.15) is 5.26 Å². The van der Waals surface area contributed by atoms with E-state index in [9.17, 15) is 14.9 Å². The summed E-state index contributed by atoms with van der Waals surface area (Å²) in [5.41, 5.74) is 2.96. The van der Waals surface area contributed by atoms with Gasteiger partial charge in [0.05, 0.1) is 29.6 Å². The van der Waals surface area contributed by atoms with Gasteiger partial charge in [0.25, 0.3) is 5.56 Å². The quantitative estimate of drug-likeness (QED) is 0.550. The maximum atomic E-state index is 13.1. The van der Waals surface area contributed by atoms with Crippen LogP contribution in [-0.4, -0.2) is 38.4 Å². The number of benzene rings is 1. The Morgan fingerprint density at radius 2 is 2.00 bits per heavy atom. The zero-order valence-electron chi connectivity index (χ0n) is 20.1. The topological polar surface area (TPSA) is 107 Å². The Kier molecular flexibility index (Phi) is 7.13. The Morgan fingerprint density at radius 1 is 1.26 bits per heavy atom. The number of amides is 1.